The molecule has 1 atom stereocenters. The van der Waals surface area contributed by atoms with Crippen LogP contribution in [-0.2, 0) is 10.0 Å². The molecule has 7 nitrogen and oxygen atoms in total. The molecule has 2 saturated heterocycles. The van der Waals surface area contributed by atoms with Gasteiger partial charge in [-0.25, -0.2) is 13.4 Å². The van der Waals surface area contributed by atoms with E-state index in [0.29, 0.717) is 19.1 Å². The summed E-state index contributed by atoms with van der Waals surface area (Å²) in [6.07, 6.45) is 4.47. The van der Waals surface area contributed by atoms with Gasteiger partial charge >= 0.3 is 0 Å². The first-order valence-corrected chi connectivity index (χ1v) is 11.0. The van der Waals surface area contributed by atoms with Crippen molar-refractivity contribution in [2.24, 2.45) is 0 Å². The van der Waals surface area contributed by atoms with Gasteiger partial charge in [0.25, 0.3) is 0 Å². The van der Waals surface area contributed by atoms with Gasteiger partial charge < -0.3 is 10.2 Å². The van der Waals surface area contributed by atoms with Crippen molar-refractivity contribution in [3.05, 3.63) is 18.3 Å². The average molecular weight is 382 g/mol. The molecule has 8 heteroatoms. The van der Waals surface area contributed by atoms with Crippen molar-refractivity contribution in [3.8, 4) is 0 Å². The molecule has 3 heterocycles. The second kappa shape index (κ2) is 8.65. The summed E-state index contributed by atoms with van der Waals surface area (Å²) in [6.45, 7) is 8.62. The second-order valence-corrected chi connectivity index (χ2v) is 9.35. The molecule has 26 heavy (non-hydrogen) atoms. The maximum Gasteiger partial charge on any atom is 0.244 e. The highest BCUT2D eigenvalue weighted by Crippen LogP contribution is 2.20. The number of likely N-dealkylation sites (N-methyl/N-ethyl adjacent to an activating group) is 1. The van der Waals surface area contributed by atoms with Crippen molar-refractivity contribution in [1.82, 2.24) is 19.1 Å². The van der Waals surface area contributed by atoms with Gasteiger partial charge in [0.15, 0.2) is 0 Å². The minimum atomic E-state index is -3.40. The van der Waals surface area contributed by atoms with Crippen LogP contribution < -0.4 is 5.32 Å². The fourth-order valence-corrected chi connectivity index (χ4v) is 5.00. The van der Waals surface area contributed by atoms with Gasteiger partial charge in [0.2, 0.25) is 10.0 Å². The Kier molecular flexibility index (Phi) is 6.50. The number of rotatable bonds is 6. The van der Waals surface area contributed by atoms with Crippen molar-refractivity contribution in [3.63, 3.8) is 0 Å². The van der Waals surface area contributed by atoms with Gasteiger partial charge in [-0.3, -0.25) is 4.90 Å². The first kappa shape index (κ1) is 19.5. The SMILES string of the molecule is CC(CNc1ccc(S(=O)(=O)N2CCCCC2)cn1)N1CCN(C)CC1. The number of anilines is 1. The highest BCUT2D eigenvalue weighted by Gasteiger charge is 2.26. The number of piperidine rings is 1. The van der Waals surface area contributed by atoms with Crippen molar-refractivity contribution in [2.45, 2.75) is 37.1 Å². The zero-order valence-electron chi connectivity index (χ0n) is 15.9. The fraction of sp³-hybridized carbons (Fsp3) is 0.722. The largest absolute Gasteiger partial charge is 0.369 e. The summed E-state index contributed by atoms with van der Waals surface area (Å²) in [7, 11) is -1.25. The first-order chi connectivity index (χ1) is 12.5. The molecule has 0 radical (unpaired) electrons. The Morgan fingerprint density at radius 3 is 2.38 bits per heavy atom. The number of nitrogens with one attached hydrogen (secondary N) is 1. The van der Waals surface area contributed by atoms with Crippen LogP contribution in [0.2, 0.25) is 0 Å². The monoisotopic (exact) mass is 381 g/mol. The van der Waals surface area contributed by atoms with Crippen molar-refractivity contribution in [1.29, 1.82) is 0 Å². The van der Waals surface area contributed by atoms with Gasteiger partial charge in [0.1, 0.15) is 10.7 Å². The van der Waals surface area contributed by atoms with Crippen LogP contribution in [0.3, 0.4) is 0 Å². The minimum Gasteiger partial charge on any atom is -0.369 e. The topological polar surface area (TPSA) is 68.8 Å². The van der Waals surface area contributed by atoms with Crippen molar-refractivity contribution >= 4 is 15.8 Å². The molecule has 146 valence electrons. The number of pyridine rings is 1. The van der Waals surface area contributed by atoms with E-state index in [1.165, 1.54) is 6.20 Å². The van der Waals surface area contributed by atoms with E-state index < -0.39 is 10.0 Å². The molecule has 0 bridgehead atoms. The lowest BCUT2D eigenvalue weighted by atomic mass is 10.2. The molecule has 2 fully saturated rings. The Labute approximate surface area is 157 Å². The lowest BCUT2D eigenvalue weighted by Gasteiger charge is -2.36. The standard InChI is InChI=1S/C18H31N5O2S/c1-16(22-12-10-21(2)11-13-22)14-19-18-7-6-17(15-20-18)26(24,25)23-8-4-3-5-9-23/h6-7,15-16H,3-5,8-14H2,1-2H3,(H,19,20). The van der Waals surface area contributed by atoms with Gasteiger partial charge in [-0.05, 0) is 38.9 Å². The third-order valence-electron chi connectivity index (χ3n) is 5.43. The predicted octanol–water partition coefficient (Wildman–Crippen LogP) is 1.30. The molecular weight excluding hydrogens is 350 g/mol. The predicted molar refractivity (Wildman–Crippen MR) is 104 cm³/mol. The van der Waals surface area contributed by atoms with Gasteiger partial charge in [-0.15, -0.1) is 0 Å². The maximum atomic E-state index is 12.7. The lowest BCUT2D eigenvalue weighted by Crippen LogP contribution is -2.49. The Balaban J connectivity index is 1.54. The van der Waals surface area contributed by atoms with E-state index >= 15 is 0 Å². The van der Waals surface area contributed by atoms with Crippen LogP contribution in [0.1, 0.15) is 26.2 Å². The third kappa shape index (κ3) is 4.73. The molecule has 1 unspecified atom stereocenters. The normalized spacial score (nSPS) is 22.2. The van der Waals surface area contributed by atoms with Crippen LogP contribution >= 0.6 is 0 Å². The van der Waals surface area contributed by atoms with Gasteiger partial charge in [0, 0.05) is 58.1 Å². The van der Waals surface area contributed by atoms with Crippen LogP contribution in [0.4, 0.5) is 5.82 Å². The second-order valence-electron chi connectivity index (χ2n) is 7.41. The number of hydrogen-bond donors (Lipinski definition) is 1. The molecule has 1 aromatic heterocycles. The van der Waals surface area contributed by atoms with Crippen LogP contribution in [0, 0.1) is 0 Å². The van der Waals surface area contributed by atoms with Crippen LogP contribution in [-0.4, -0.2) is 86.4 Å². The van der Waals surface area contributed by atoms with E-state index in [1.807, 2.05) is 0 Å². The zero-order valence-corrected chi connectivity index (χ0v) is 16.7. The molecule has 0 saturated carbocycles. The van der Waals surface area contributed by atoms with Gasteiger partial charge in [0.05, 0.1) is 0 Å². The molecular formula is C18H31N5O2S. The summed E-state index contributed by atoms with van der Waals surface area (Å²) in [6, 6.07) is 3.86. The summed E-state index contributed by atoms with van der Waals surface area (Å²) >= 11 is 0. The highest BCUT2D eigenvalue weighted by molar-refractivity contribution is 7.89. The van der Waals surface area contributed by atoms with E-state index in [0.717, 1.165) is 57.8 Å². The smallest absolute Gasteiger partial charge is 0.244 e. The average Bonchev–Trinajstić information content (AvgIpc) is 2.67. The van der Waals surface area contributed by atoms with Crippen molar-refractivity contribution in [2.75, 3.05) is 58.2 Å². The van der Waals surface area contributed by atoms with E-state index in [4.69, 9.17) is 0 Å². The molecule has 0 aromatic carbocycles. The summed E-state index contributed by atoms with van der Waals surface area (Å²) in [4.78, 5) is 9.44. The minimum absolute atomic E-state index is 0.289. The summed E-state index contributed by atoms with van der Waals surface area (Å²) < 4.78 is 26.9. The number of sulfonamides is 1. The lowest BCUT2D eigenvalue weighted by molar-refractivity contribution is 0.123. The summed E-state index contributed by atoms with van der Waals surface area (Å²) in [5.41, 5.74) is 0. The number of nitrogens with zero attached hydrogens (tertiary/aromatic N) is 4. The molecule has 0 amide bonds. The molecule has 0 spiro atoms. The molecule has 2 aliphatic rings. The van der Waals surface area contributed by atoms with Crippen LogP contribution in [0.15, 0.2) is 23.2 Å². The third-order valence-corrected chi connectivity index (χ3v) is 7.31. The highest BCUT2D eigenvalue weighted by atomic mass is 32.2. The molecule has 3 rings (SSSR count). The van der Waals surface area contributed by atoms with Gasteiger partial charge in [-0.1, -0.05) is 6.42 Å². The Morgan fingerprint density at radius 1 is 1.08 bits per heavy atom. The Bertz CT molecular complexity index is 665. The van der Waals surface area contributed by atoms with Crippen LogP contribution in [0.25, 0.3) is 0 Å². The number of hydrogen-bond acceptors (Lipinski definition) is 6. The molecule has 1 N–H and O–H groups in total. The molecule has 0 aliphatic carbocycles. The maximum absolute atomic E-state index is 12.7. The van der Waals surface area contributed by atoms with E-state index in [9.17, 15) is 8.42 Å². The van der Waals surface area contributed by atoms with E-state index in [2.05, 4.69) is 34.1 Å². The quantitative estimate of drug-likeness (QED) is 0.801. The van der Waals surface area contributed by atoms with Crippen LogP contribution in [0.5, 0.6) is 0 Å². The van der Waals surface area contributed by atoms with Crippen molar-refractivity contribution < 1.29 is 8.42 Å². The molecule has 1 aromatic rings. The Morgan fingerprint density at radius 2 is 1.77 bits per heavy atom. The van der Waals surface area contributed by atoms with E-state index in [1.54, 1.807) is 16.4 Å². The molecule has 2 aliphatic heterocycles. The Hall–Kier alpha value is -1.22. The van der Waals surface area contributed by atoms with E-state index in [-0.39, 0.29) is 4.90 Å². The number of aromatic nitrogens is 1. The first-order valence-electron chi connectivity index (χ1n) is 9.59. The number of piperazine rings is 1. The zero-order chi connectivity index (χ0) is 18.6. The fourth-order valence-electron chi connectivity index (χ4n) is 3.54. The van der Waals surface area contributed by atoms with Gasteiger partial charge in [-0.2, -0.15) is 4.31 Å². The summed E-state index contributed by atoms with van der Waals surface area (Å²) in [5.74, 6) is 0.726. The summed E-state index contributed by atoms with van der Waals surface area (Å²) in [5, 5.41) is 3.34.